The van der Waals surface area contributed by atoms with Crippen LogP contribution in [-0.4, -0.2) is 32.0 Å². The van der Waals surface area contributed by atoms with Gasteiger partial charge in [-0.05, 0) is 18.2 Å². The van der Waals surface area contributed by atoms with Crippen LogP contribution in [0.25, 0.3) is 16.9 Å². The van der Waals surface area contributed by atoms with Crippen LogP contribution in [-0.2, 0) is 4.79 Å². The Morgan fingerprint density at radius 3 is 3.00 bits per heavy atom. The van der Waals surface area contributed by atoms with E-state index in [1.807, 2.05) is 0 Å². The molecule has 0 fully saturated rings. The standard InChI is InChI=1S/C14H11FN4O2/c15-11-5-9(17-8-14(20)21)1-2-10(11)12-6-18-13-7-16-3-4-19(12)13/h1-7,17H,8H2,(H,20,21). The predicted octanol–water partition coefficient (Wildman–Crippen LogP) is 2.03. The van der Waals surface area contributed by atoms with Crippen molar-refractivity contribution >= 4 is 17.3 Å². The predicted molar refractivity (Wildman–Crippen MR) is 74.5 cm³/mol. The number of carboxylic acid groups (broad SMARTS) is 1. The maximum atomic E-state index is 14.2. The summed E-state index contributed by atoms with van der Waals surface area (Å²) in [6.07, 6.45) is 6.45. The molecule has 2 N–H and O–H groups in total. The second-order valence-corrected chi connectivity index (χ2v) is 4.39. The van der Waals surface area contributed by atoms with Gasteiger partial charge in [0.1, 0.15) is 12.4 Å². The van der Waals surface area contributed by atoms with Crippen LogP contribution in [0.15, 0.2) is 43.0 Å². The molecule has 0 atom stereocenters. The molecular formula is C14H11FN4O2. The zero-order valence-corrected chi connectivity index (χ0v) is 10.8. The molecule has 0 saturated carbocycles. The van der Waals surface area contributed by atoms with Crippen LogP contribution in [0.5, 0.6) is 0 Å². The lowest BCUT2D eigenvalue weighted by molar-refractivity contribution is -0.134. The summed E-state index contributed by atoms with van der Waals surface area (Å²) in [6.45, 7) is -0.264. The summed E-state index contributed by atoms with van der Waals surface area (Å²) in [6, 6.07) is 4.48. The Morgan fingerprint density at radius 2 is 2.24 bits per heavy atom. The minimum atomic E-state index is -1.01. The van der Waals surface area contributed by atoms with Crippen molar-refractivity contribution in [3.8, 4) is 11.3 Å². The number of carbonyl (C=O) groups is 1. The monoisotopic (exact) mass is 286 g/mol. The van der Waals surface area contributed by atoms with Crippen molar-refractivity contribution in [3.05, 3.63) is 48.8 Å². The molecule has 3 rings (SSSR count). The zero-order chi connectivity index (χ0) is 14.8. The van der Waals surface area contributed by atoms with E-state index in [0.29, 0.717) is 22.6 Å². The third-order valence-corrected chi connectivity index (χ3v) is 3.01. The first kappa shape index (κ1) is 13.0. The highest BCUT2D eigenvalue weighted by Gasteiger charge is 2.11. The van der Waals surface area contributed by atoms with Gasteiger partial charge in [0.05, 0.1) is 18.1 Å². The number of aromatic nitrogens is 3. The molecule has 0 aliphatic heterocycles. The minimum Gasteiger partial charge on any atom is -0.480 e. The lowest BCUT2D eigenvalue weighted by Gasteiger charge is -2.07. The summed E-state index contributed by atoms with van der Waals surface area (Å²) in [4.78, 5) is 18.6. The van der Waals surface area contributed by atoms with E-state index in [0.717, 1.165) is 0 Å². The van der Waals surface area contributed by atoms with E-state index in [-0.39, 0.29) is 6.54 Å². The molecule has 106 valence electrons. The summed E-state index contributed by atoms with van der Waals surface area (Å²) in [5.41, 5.74) is 2.03. The number of hydrogen-bond acceptors (Lipinski definition) is 4. The van der Waals surface area contributed by atoms with Crippen LogP contribution < -0.4 is 5.32 Å². The van der Waals surface area contributed by atoms with Gasteiger partial charge in [-0.15, -0.1) is 0 Å². The number of rotatable bonds is 4. The van der Waals surface area contributed by atoms with Crippen LogP contribution in [0.1, 0.15) is 0 Å². The Bertz CT molecular complexity index is 816. The lowest BCUT2D eigenvalue weighted by Crippen LogP contribution is -2.12. The first-order chi connectivity index (χ1) is 10.1. The summed E-state index contributed by atoms with van der Waals surface area (Å²) in [7, 11) is 0. The van der Waals surface area contributed by atoms with Crippen molar-refractivity contribution in [2.75, 3.05) is 11.9 Å². The molecule has 0 aliphatic carbocycles. The number of nitrogens with one attached hydrogen (secondary N) is 1. The van der Waals surface area contributed by atoms with Gasteiger partial charge in [-0.1, -0.05) is 0 Å². The second-order valence-electron chi connectivity index (χ2n) is 4.39. The highest BCUT2D eigenvalue weighted by atomic mass is 19.1. The van der Waals surface area contributed by atoms with Gasteiger partial charge in [-0.3, -0.25) is 14.2 Å². The highest BCUT2D eigenvalue weighted by molar-refractivity contribution is 5.73. The number of carboxylic acids is 1. The molecule has 2 heterocycles. The topological polar surface area (TPSA) is 79.5 Å². The largest absolute Gasteiger partial charge is 0.480 e. The van der Waals surface area contributed by atoms with E-state index in [4.69, 9.17) is 5.11 Å². The molecule has 21 heavy (non-hydrogen) atoms. The molecule has 7 heteroatoms. The lowest BCUT2D eigenvalue weighted by atomic mass is 10.1. The molecule has 6 nitrogen and oxygen atoms in total. The van der Waals surface area contributed by atoms with E-state index in [9.17, 15) is 9.18 Å². The van der Waals surface area contributed by atoms with E-state index in [1.54, 1.807) is 41.3 Å². The van der Waals surface area contributed by atoms with Crippen molar-refractivity contribution in [3.63, 3.8) is 0 Å². The number of imidazole rings is 1. The van der Waals surface area contributed by atoms with E-state index < -0.39 is 11.8 Å². The number of nitrogens with zero attached hydrogens (tertiary/aromatic N) is 3. The summed E-state index contributed by atoms with van der Waals surface area (Å²) >= 11 is 0. The first-order valence-corrected chi connectivity index (χ1v) is 6.18. The highest BCUT2D eigenvalue weighted by Crippen LogP contribution is 2.25. The number of aliphatic carboxylic acids is 1. The quantitative estimate of drug-likeness (QED) is 0.767. The fourth-order valence-electron chi connectivity index (χ4n) is 2.05. The van der Waals surface area contributed by atoms with Gasteiger partial charge in [0.2, 0.25) is 0 Å². The van der Waals surface area contributed by atoms with E-state index >= 15 is 0 Å². The SMILES string of the molecule is O=C(O)CNc1ccc(-c2cnc3cnccn23)c(F)c1. The van der Waals surface area contributed by atoms with Gasteiger partial charge in [0, 0.05) is 23.6 Å². The molecule has 0 radical (unpaired) electrons. The molecular weight excluding hydrogens is 275 g/mol. The van der Waals surface area contributed by atoms with Crippen molar-refractivity contribution in [2.24, 2.45) is 0 Å². The van der Waals surface area contributed by atoms with E-state index in [2.05, 4.69) is 15.3 Å². The number of benzene rings is 1. The van der Waals surface area contributed by atoms with Crippen molar-refractivity contribution < 1.29 is 14.3 Å². The normalized spacial score (nSPS) is 10.7. The fraction of sp³-hybridized carbons (Fsp3) is 0.0714. The Hall–Kier alpha value is -2.96. The van der Waals surface area contributed by atoms with Crippen LogP contribution in [0.2, 0.25) is 0 Å². The maximum absolute atomic E-state index is 14.2. The Labute approximate surface area is 118 Å². The third-order valence-electron chi connectivity index (χ3n) is 3.01. The minimum absolute atomic E-state index is 0.264. The van der Waals surface area contributed by atoms with Gasteiger partial charge in [0.25, 0.3) is 0 Å². The molecule has 1 aromatic carbocycles. The molecule has 0 saturated heterocycles. The molecule has 0 spiro atoms. The van der Waals surface area contributed by atoms with Crippen LogP contribution in [0, 0.1) is 5.82 Å². The average molecular weight is 286 g/mol. The zero-order valence-electron chi connectivity index (χ0n) is 10.8. The smallest absolute Gasteiger partial charge is 0.322 e. The van der Waals surface area contributed by atoms with Gasteiger partial charge < -0.3 is 10.4 Å². The van der Waals surface area contributed by atoms with Gasteiger partial charge in [-0.25, -0.2) is 9.37 Å². The average Bonchev–Trinajstić information content (AvgIpc) is 2.89. The Morgan fingerprint density at radius 1 is 1.38 bits per heavy atom. The second kappa shape index (κ2) is 5.20. The first-order valence-electron chi connectivity index (χ1n) is 6.18. The van der Waals surface area contributed by atoms with Crippen molar-refractivity contribution in [2.45, 2.75) is 0 Å². The molecule has 3 aromatic rings. The molecule has 0 amide bonds. The van der Waals surface area contributed by atoms with Gasteiger partial charge in [-0.2, -0.15) is 0 Å². The number of fused-ring (bicyclic) bond motifs is 1. The van der Waals surface area contributed by atoms with Gasteiger partial charge >= 0.3 is 5.97 Å². The maximum Gasteiger partial charge on any atom is 0.322 e. The number of hydrogen-bond donors (Lipinski definition) is 2. The number of anilines is 1. The summed E-state index contributed by atoms with van der Waals surface area (Å²) < 4.78 is 16.0. The van der Waals surface area contributed by atoms with Crippen molar-refractivity contribution in [1.29, 1.82) is 0 Å². The molecule has 0 aliphatic rings. The Kier molecular flexibility index (Phi) is 3.23. The van der Waals surface area contributed by atoms with E-state index in [1.165, 1.54) is 6.07 Å². The van der Waals surface area contributed by atoms with Crippen LogP contribution in [0.4, 0.5) is 10.1 Å². The molecule has 2 aromatic heterocycles. The third kappa shape index (κ3) is 2.53. The summed E-state index contributed by atoms with van der Waals surface area (Å²) in [5, 5.41) is 11.2. The van der Waals surface area contributed by atoms with Crippen LogP contribution in [0.3, 0.4) is 0 Å². The van der Waals surface area contributed by atoms with Crippen molar-refractivity contribution in [1.82, 2.24) is 14.4 Å². The molecule has 0 unspecified atom stereocenters. The number of halogens is 1. The molecule has 0 bridgehead atoms. The van der Waals surface area contributed by atoms with Gasteiger partial charge in [0.15, 0.2) is 5.65 Å². The van der Waals surface area contributed by atoms with Crippen LogP contribution >= 0.6 is 0 Å². The fourth-order valence-corrected chi connectivity index (χ4v) is 2.05. The summed E-state index contributed by atoms with van der Waals surface area (Å²) in [5.74, 6) is -1.46. The Balaban J connectivity index is 1.97.